The Balaban J connectivity index is 2.35. The molecule has 0 bridgehead atoms. The number of allylic oxidation sites excluding steroid dienone is 1. The van der Waals surface area contributed by atoms with Gasteiger partial charge < -0.3 is 5.32 Å². The van der Waals surface area contributed by atoms with Crippen molar-refractivity contribution in [1.29, 1.82) is 0 Å². The van der Waals surface area contributed by atoms with Crippen molar-refractivity contribution in [2.45, 2.75) is 13.3 Å². The molecule has 0 radical (unpaired) electrons. The van der Waals surface area contributed by atoms with Crippen molar-refractivity contribution >= 4 is 22.3 Å². The van der Waals surface area contributed by atoms with Gasteiger partial charge in [-0.15, -0.1) is 0 Å². The van der Waals surface area contributed by atoms with Gasteiger partial charge in [-0.25, -0.2) is 4.98 Å². The summed E-state index contributed by atoms with van der Waals surface area (Å²) in [6, 6.07) is 6.85. The molecular formula is C14H15N3O2. The number of benzene rings is 1. The van der Waals surface area contributed by atoms with Gasteiger partial charge in [-0.3, -0.25) is 10.1 Å². The lowest BCUT2D eigenvalue weighted by Gasteiger charge is -2.08. The third-order valence-corrected chi connectivity index (χ3v) is 2.81. The van der Waals surface area contributed by atoms with Crippen LogP contribution in [0, 0.1) is 10.1 Å². The molecule has 0 amide bonds. The van der Waals surface area contributed by atoms with Crippen LogP contribution in [-0.2, 0) is 0 Å². The van der Waals surface area contributed by atoms with Gasteiger partial charge in [0.25, 0.3) is 5.69 Å². The maximum atomic E-state index is 11.0. The van der Waals surface area contributed by atoms with E-state index in [1.807, 2.05) is 19.1 Å². The highest BCUT2D eigenvalue weighted by Gasteiger charge is 2.14. The number of anilines is 1. The number of nitrogens with zero attached hydrogens (tertiary/aromatic N) is 2. The number of rotatable bonds is 5. The highest BCUT2D eigenvalue weighted by molar-refractivity contribution is 5.96. The zero-order valence-electron chi connectivity index (χ0n) is 10.7. The number of nitro groups is 1. The molecule has 1 heterocycles. The molecule has 0 aliphatic heterocycles. The second kappa shape index (κ2) is 5.95. The number of pyridine rings is 1. The van der Waals surface area contributed by atoms with Crippen LogP contribution in [0.1, 0.15) is 13.3 Å². The van der Waals surface area contributed by atoms with E-state index in [0.717, 1.165) is 24.0 Å². The summed E-state index contributed by atoms with van der Waals surface area (Å²) in [6.07, 6.45) is 6.55. The lowest BCUT2D eigenvalue weighted by molar-refractivity contribution is -0.383. The first-order chi connectivity index (χ1) is 9.24. The Morgan fingerprint density at radius 3 is 3.00 bits per heavy atom. The minimum Gasteiger partial charge on any atom is -0.384 e. The van der Waals surface area contributed by atoms with E-state index in [1.165, 1.54) is 6.07 Å². The molecule has 0 fully saturated rings. The number of fused-ring (bicyclic) bond motifs is 1. The van der Waals surface area contributed by atoms with Crippen LogP contribution in [0.5, 0.6) is 0 Å². The van der Waals surface area contributed by atoms with Crippen molar-refractivity contribution in [3.05, 3.63) is 52.7 Å². The quantitative estimate of drug-likeness (QED) is 0.385. The van der Waals surface area contributed by atoms with E-state index in [0.29, 0.717) is 5.52 Å². The monoisotopic (exact) mass is 257 g/mol. The molecule has 19 heavy (non-hydrogen) atoms. The fourth-order valence-electron chi connectivity index (χ4n) is 1.92. The molecule has 0 aliphatic carbocycles. The van der Waals surface area contributed by atoms with Gasteiger partial charge in [0, 0.05) is 29.9 Å². The highest BCUT2D eigenvalue weighted by Crippen LogP contribution is 2.29. The van der Waals surface area contributed by atoms with Crippen LogP contribution in [0.25, 0.3) is 10.9 Å². The fraction of sp³-hybridized carbons (Fsp3) is 0.214. The first kappa shape index (κ1) is 13.0. The highest BCUT2D eigenvalue weighted by atomic mass is 16.6. The first-order valence-electron chi connectivity index (χ1n) is 6.11. The Kier molecular flexibility index (Phi) is 4.07. The summed E-state index contributed by atoms with van der Waals surface area (Å²) < 4.78 is 0. The van der Waals surface area contributed by atoms with E-state index < -0.39 is 4.92 Å². The first-order valence-corrected chi connectivity index (χ1v) is 6.11. The van der Waals surface area contributed by atoms with Crippen molar-refractivity contribution in [2.24, 2.45) is 0 Å². The smallest absolute Gasteiger partial charge is 0.295 e. The minimum atomic E-state index is -0.404. The van der Waals surface area contributed by atoms with Crippen LogP contribution >= 0.6 is 0 Å². The molecule has 0 unspecified atom stereocenters. The molecule has 98 valence electrons. The standard InChI is InChI=1S/C14H15N3O2/c1-2-3-4-9-15-12-7-8-13(17(18)19)14-11(12)6-5-10-16-14/h2-3,5-8,10,15H,4,9H2,1H3/b3-2+. The van der Waals surface area contributed by atoms with Crippen LogP contribution in [-0.4, -0.2) is 16.5 Å². The Morgan fingerprint density at radius 1 is 1.42 bits per heavy atom. The second-order valence-corrected chi connectivity index (χ2v) is 4.07. The van der Waals surface area contributed by atoms with Gasteiger partial charge in [-0.2, -0.15) is 0 Å². The average Bonchev–Trinajstić information content (AvgIpc) is 2.43. The summed E-state index contributed by atoms with van der Waals surface area (Å²) in [6.45, 7) is 2.76. The zero-order chi connectivity index (χ0) is 13.7. The molecule has 1 aromatic heterocycles. The van der Waals surface area contributed by atoms with Crippen molar-refractivity contribution in [3.8, 4) is 0 Å². The molecule has 0 saturated heterocycles. The number of hydrogen-bond donors (Lipinski definition) is 1. The number of nitro benzene ring substituents is 1. The maximum Gasteiger partial charge on any atom is 0.295 e. The third-order valence-electron chi connectivity index (χ3n) is 2.81. The Morgan fingerprint density at radius 2 is 2.26 bits per heavy atom. The molecule has 5 heteroatoms. The SMILES string of the molecule is C/C=C/CCNc1ccc([N+](=O)[O-])c2ncccc12. The molecule has 5 nitrogen and oxygen atoms in total. The van der Waals surface area contributed by atoms with Crippen LogP contribution < -0.4 is 5.32 Å². The van der Waals surface area contributed by atoms with E-state index in [1.54, 1.807) is 18.3 Å². The topological polar surface area (TPSA) is 68.1 Å². The largest absolute Gasteiger partial charge is 0.384 e. The van der Waals surface area contributed by atoms with Gasteiger partial charge in [0.2, 0.25) is 0 Å². The second-order valence-electron chi connectivity index (χ2n) is 4.07. The number of nitrogens with one attached hydrogen (secondary N) is 1. The number of aromatic nitrogens is 1. The van der Waals surface area contributed by atoms with E-state index in [-0.39, 0.29) is 5.69 Å². The van der Waals surface area contributed by atoms with Gasteiger partial charge in [-0.05, 0) is 31.5 Å². The Hall–Kier alpha value is -2.43. The Labute approximate surface area is 111 Å². The van der Waals surface area contributed by atoms with Crippen molar-refractivity contribution in [2.75, 3.05) is 11.9 Å². The average molecular weight is 257 g/mol. The van der Waals surface area contributed by atoms with Gasteiger partial charge >= 0.3 is 0 Å². The molecule has 1 N–H and O–H groups in total. The van der Waals surface area contributed by atoms with Gasteiger partial charge in [-0.1, -0.05) is 12.2 Å². The van der Waals surface area contributed by atoms with Gasteiger partial charge in [0.1, 0.15) is 5.52 Å². The molecule has 0 saturated carbocycles. The summed E-state index contributed by atoms with van der Waals surface area (Å²) in [7, 11) is 0. The Bertz CT molecular complexity index is 623. The summed E-state index contributed by atoms with van der Waals surface area (Å²) in [5.41, 5.74) is 1.33. The molecule has 2 rings (SSSR count). The lowest BCUT2D eigenvalue weighted by Crippen LogP contribution is -2.02. The normalized spacial score (nSPS) is 11.0. The van der Waals surface area contributed by atoms with Crippen LogP contribution in [0.15, 0.2) is 42.6 Å². The van der Waals surface area contributed by atoms with Crippen molar-refractivity contribution in [1.82, 2.24) is 4.98 Å². The van der Waals surface area contributed by atoms with E-state index in [2.05, 4.69) is 16.4 Å². The van der Waals surface area contributed by atoms with Gasteiger partial charge in [0.05, 0.1) is 4.92 Å². The molecule has 0 aliphatic rings. The fourth-order valence-corrected chi connectivity index (χ4v) is 1.92. The van der Waals surface area contributed by atoms with Crippen molar-refractivity contribution < 1.29 is 4.92 Å². The summed E-state index contributed by atoms with van der Waals surface area (Å²) in [4.78, 5) is 14.7. The zero-order valence-corrected chi connectivity index (χ0v) is 10.7. The van der Waals surface area contributed by atoms with Crippen molar-refractivity contribution in [3.63, 3.8) is 0 Å². The molecule has 1 aromatic carbocycles. The van der Waals surface area contributed by atoms with E-state index in [9.17, 15) is 10.1 Å². The molecule has 0 atom stereocenters. The van der Waals surface area contributed by atoms with E-state index >= 15 is 0 Å². The van der Waals surface area contributed by atoms with Crippen LogP contribution in [0.2, 0.25) is 0 Å². The van der Waals surface area contributed by atoms with Crippen LogP contribution in [0.4, 0.5) is 11.4 Å². The summed E-state index contributed by atoms with van der Waals surface area (Å²) >= 11 is 0. The van der Waals surface area contributed by atoms with Gasteiger partial charge in [0.15, 0.2) is 0 Å². The summed E-state index contributed by atoms with van der Waals surface area (Å²) in [5, 5.41) is 15.0. The lowest BCUT2D eigenvalue weighted by atomic mass is 10.1. The van der Waals surface area contributed by atoms with Crippen LogP contribution in [0.3, 0.4) is 0 Å². The summed E-state index contributed by atoms with van der Waals surface area (Å²) in [5.74, 6) is 0. The maximum absolute atomic E-state index is 11.0. The third kappa shape index (κ3) is 2.88. The molecule has 0 spiro atoms. The number of hydrogen-bond acceptors (Lipinski definition) is 4. The van der Waals surface area contributed by atoms with E-state index in [4.69, 9.17) is 0 Å². The molecule has 2 aromatic rings. The predicted molar refractivity (Wildman–Crippen MR) is 76.3 cm³/mol. The molecular weight excluding hydrogens is 242 g/mol. The number of non-ortho nitro benzene ring substituents is 1. The predicted octanol–water partition coefficient (Wildman–Crippen LogP) is 3.52. The minimum absolute atomic E-state index is 0.0367.